The lowest BCUT2D eigenvalue weighted by molar-refractivity contribution is -0.384. The van der Waals surface area contributed by atoms with Crippen molar-refractivity contribution < 1.29 is 14.5 Å². The largest absolute Gasteiger partial charge is 0.463 e. The molecular weight excluding hydrogens is 430 g/mol. The molecule has 32 heavy (non-hydrogen) atoms. The zero-order valence-electron chi connectivity index (χ0n) is 17.3. The molecule has 1 atom stereocenters. The van der Waals surface area contributed by atoms with Gasteiger partial charge in [0.2, 0.25) is 0 Å². The van der Waals surface area contributed by atoms with Gasteiger partial charge in [-0.1, -0.05) is 53.8 Å². The van der Waals surface area contributed by atoms with Crippen LogP contribution in [-0.2, 0) is 9.53 Å². The Kier molecular flexibility index (Phi) is 5.83. The molecule has 0 unspecified atom stereocenters. The van der Waals surface area contributed by atoms with Gasteiger partial charge >= 0.3 is 5.97 Å². The van der Waals surface area contributed by atoms with Crippen LogP contribution in [0.25, 0.3) is 11.8 Å². The van der Waals surface area contributed by atoms with E-state index in [2.05, 4.69) is 4.99 Å². The maximum atomic E-state index is 13.1. The summed E-state index contributed by atoms with van der Waals surface area (Å²) in [7, 11) is 0. The first-order valence-electron chi connectivity index (χ1n) is 9.89. The van der Waals surface area contributed by atoms with Crippen molar-refractivity contribution in [3.63, 3.8) is 0 Å². The normalized spacial score (nSPS) is 15.8. The number of non-ortho nitro benzene ring substituents is 1. The Balaban J connectivity index is 1.96. The number of nitro groups is 1. The van der Waals surface area contributed by atoms with Gasteiger partial charge in [0.15, 0.2) is 4.80 Å². The van der Waals surface area contributed by atoms with Gasteiger partial charge < -0.3 is 4.74 Å². The summed E-state index contributed by atoms with van der Waals surface area (Å²) in [5, 5.41) is 11.3. The number of fused-ring (bicyclic) bond motifs is 1. The van der Waals surface area contributed by atoms with Crippen LogP contribution in [0.3, 0.4) is 0 Å². The van der Waals surface area contributed by atoms with Crippen LogP contribution in [0.4, 0.5) is 5.69 Å². The van der Waals surface area contributed by atoms with Crippen molar-refractivity contribution in [2.45, 2.75) is 19.9 Å². The first-order valence-corrected chi connectivity index (χ1v) is 10.7. The van der Waals surface area contributed by atoms with E-state index < -0.39 is 16.9 Å². The van der Waals surface area contributed by atoms with E-state index in [1.807, 2.05) is 30.3 Å². The van der Waals surface area contributed by atoms with Crippen molar-refractivity contribution in [3.8, 4) is 0 Å². The molecule has 0 spiro atoms. The van der Waals surface area contributed by atoms with Crippen LogP contribution >= 0.6 is 11.3 Å². The average Bonchev–Trinajstić information content (AvgIpc) is 3.09. The highest BCUT2D eigenvalue weighted by Crippen LogP contribution is 2.33. The van der Waals surface area contributed by atoms with E-state index in [0.29, 0.717) is 20.6 Å². The topological polar surface area (TPSA) is 104 Å². The molecule has 3 aromatic rings. The second-order valence-electron chi connectivity index (χ2n) is 7.05. The van der Waals surface area contributed by atoms with E-state index in [1.165, 1.54) is 28.0 Å². The maximum Gasteiger partial charge on any atom is 0.338 e. The smallest absolute Gasteiger partial charge is 0.338 e. The highest BCUT2D eigenvalue weighted by Gasteiger charge is 2.32. The van der Waals surface area contributed by atoms with Gasteiger partial charge in [0.05, 0.1) is 21.6 Å². The molecule has 1 aromatic heterocycles. The van der Waals surface area contributed by atoms with E-state index in [-0.39, 0.29) is 23.4 Å². The van der Waals surface area contributed by atoms with E-state index in [4.69, 9.17) is 4.74 Å². The first-order chi connectivity index (χ1) is 15.4. The van der Waals surface area contributed by atoms with Crippen LogP contribution in [0.5, 0.6) is 0 Å². The predicted molar refractivity (Wildman–Crippen MR) is 121 cm³/mol. The van der Waals surface area contributed by atoms with Gasteiger partial charge in [-0.05, 0) is 31.1 Å². The number of ether oxygens (including phenoxy) is 1. The van der Waals surface area contributed by atoms with Crippen molar-refractivity contribution in [3.05, 3.63) is 101 Å². The van der Waals surface area contributed by atoms with Gasteiger partial charge in [-0.15, -0.1) is 0 Å². The SMILES string of the molecule is CCOC(=O)C1=C(C)n2c(s/c(=C\c3ccccc3)c2=O)=N[C@H]1c1cccc([N+](=O)[O-])c1. The minimum absolute atomic E-state index is 0.106. The number of carbonyl (C=O) groups excluding carboxylic acids is 1. The van der Waals surface area contributed by atoms with Crippen LogP contribution in [0.1, 0.15) is 31.0 Å². The van der Waals surface area contributed by atoms with Crippen LogP contribution in [0.2, 0.25) is 0 Å². The zero-order chi connectivity index (χ0) is 22.8. The average molecular weight is 449 g/mol. The fourth-order valence-corrected chi connectivity index (χ4v) is 4.61. The lowest BCUT2D eigenvalue weighted by atomic mass is 9.96. The Hall–Kier alpha value is -3.85. The number of hydrogen-bond acceptors (Lipinski definition) is 7. The summed E-state index contributed by atoms with van der Waals surface area (Å²) >= 11 is 1.20. The number of aromatic nitrogens is 1. The van der Waals surface area contributed by atoms with E-state index in [1.54, 1.807) is 32.1 Å². The molecule has 9 heteroatoms. The molecular formula is C23H19N3O5S. The fraction of sp³-hybridized carbons (Fsp3) is 0.174. The number of nitrogens with zero attached hydrogens (tertiary/aromatic N) is 3. The molecule has 4 rings (SSSR count). The van der Waals surface area contributed by atoms with Crippen LogP contribution in [-0.4, -0.2) is 22.1 Å². The first kappa shape index (κ1) is 21.4. The van der Waals surface area contributed by atoms with Gasteiger partial charge in [0.1, 0.15) is 6.04 Å². The summed E-state index contributed by atoms with van der Waals surface area (Å²) < 4.78 is 7.10. The third-order valence-electron chi connectivity index (χ3n) is 5.03. The van der Waals surface area contributed by atoms with Crippen molar-refractivity contribution in [2.24, 2.45) is 4.99 Å². The molecule has 0 N–H and O–H groups in total. The number of carbonyl (C=O) groups is 1. The molecule has 0 bridgehead atoms. The molecule has 0 amide bonds. The Labute approximate surface area is 186 Å². The molecule has 1 aliphatic heterocycles. The molecule has 1 aliphatic rings. The molecule has 0 aliphatic carbocycles. The molecule has 2 heterocycles. The lowest BCUT2D eigenvalue weighted by Crippen LogP contribution is -2.35. The molecule has 2 aromatic carbocycles. The summed E-state index contributed by atoms with van der Waals surface area (Å²) in [6.07, 6.45) is 1.77. The van der Waals surface area contributed by atoms with Crippen molar-refractivity contribution in [2.75, 3.05) is 6.61 Å². The number of esters is 1. The molecule has 0 saturated heterocycles. The molecule has 0 fully saturated rings. The number of benzene rings is 2. The number of hydrogen-bond donors (Lipinski definition) is 0. The second kappa shape index (κ2) is 8.72. The number of thiazole rings is 1. The third-order valence-corrected chi connectivity index (χ3v) is 6.02. The minimum atomic E-state index is -0.823. The highest BCUT2D eigenvalue weighted by atomic mass is 32.1. The molecule has 0 radical (unpaired) electrons. The third kappa shape index (κ3) is 3.90. The Morgan fingerprint density at radius 1 is 1.25 bits per heavy atom. The monoisotopic (exact) mass is 449 g/mol. The molecule has 162 valence electrons. The van der Waals surface area contributed by atoms with Crippen molar-refractivity contribution >= 4 is 34.8 Å². The van der Waals surface area contributed by atoms with E-state index >= 15 is 0 Å². The van der Waals surface area contributed by atoms with Gasteiger partial charge in [-0.25, -0.2) is 9.79 Å². The van der Waals surface area contributed by atoms with Crippen molar-refractivity contribution in [1.82, 2.24) is 4.57 Å². The number of rotatable bonds is 5. The van der Waals surface area contributed by atoms with Crippen molar-refractivity contribution in [1.29, 1.82) is 0 Å². The van der Waals surface area contributed by atoms with E-state index in [0.717, 1.165) is 5.56 Å². The van der Waals surface area contributed by atoms with Crippen LogP contribution < -0.4 is 14.9 Å². The standard InChI is InChI=1S/C23H19N3O5S/c1-3-31-22(28)19-14(2)25-21(27)18(12-15-8-5-4-6-9-15)32-23(25)24-20(19)16-10-7-11-17(13-16)26(29)30/h4-13,20H,3H2,1-2H3/b18-12-/t20-/m0/s1. The summed E-state index contributed by atoms with van der Waals surface area (Å²) in [6.45, 7) is 3.50. The fourth-order valence-electron chi connectivity index (χ4n) is 3.57. The highest BCUT2D eigenvalue weighted by molar-refractivity contribution is 7.07. The second-order valence-corrected chi connectivity index (χ2v) is 8.06. The Morgan fingerprint density at radius 2 is 2.00 bits per heavy atom. The number of allylic oxidation sites excluding steroid dienone is 1. The summed E-state index contributed by atoms with van der Waals surface area (Å²) in [5.74, 6) is -0.609. The predicted octanol–water partition coefficient (Wildman–Crippen LogP) is 2.82. The zero-order valence-corrected chi connectivity index (χ0v) is 18.2. The quantitative estimate of drug-likeness (QED) is 0.338. The van der Waals surface area contributed by atoms with Gasteiger partial charge in [0, 0.05) is 17.8 Å². The summed E-state index contributed by atoms with van der Waals surface area (Å²) in [4.78, 5) is 41.8. The summed E-state index contributed by atoms with van der Waals surface area (Å²) in [5.41, 5.74) is 1.54. The minimum Gasteiger partial charge on any atom is -0.463 e. The lowest BCUT2D eigenvalue weighted by Gasteiger charge is -2.22. The number of nitro benzene ring substituents is 1. The van der Waals surface area contributed by atoms with Crippen LogP contribution in [0, 0.1) is 10.1 Å². The van der Waals surface area contributed by atoms with Gasteiger partial charge in [0.25, 0.3) is 11.2 Å². The molecule has 0 saturated carbocycles. The maximum absolute atomic E-state index is 13.1. The Bertz CT molecular complexity index is 1420. The summed E-state index contributed by atoms with van der Waals surface area (Å²) in [6, 6.07) is 14.6. The Morgan fingerprint density at radius 3 is 2.69 bits per heavy atom. The van der Waals surface area contributed by atoms with Gasteiger partial charge in [-0.2, -0.15) is 0 Å². The van der Waals surface area contributed by atoms with Crippen LogP contribution in [0.15, 0.2) is 70.0 Å². The van der Waals surface area contributed by atoms with Gasteiger partial charge in [-0.3, -0.25) is 19.5 Å². The van der Waals surface area contributed by atoms with E-state index in [9.17, 15) is 19.7 Å². The molecule has 8 nitrogen and oxygen atoms in total.